The van der Waals surface area contributed by atoms with Crippen molar-refractivity contribution in [3.05, 3.63) is 0 Å². The molecule has 0 bridgehead atoms. The smallest absolute Gasteiger partial charge is 0.237 e. The highest BCUT2D eigenvalue weighted by atomic mass is 16.2. The van der Waals surface area contributed by atoms with E-state index in [1.54, 1.807) is 0 Å². The zero-order valence-corrected chi connectivity index (χ0v) is 11.3. The molecule has 17 heavy (non-hydrogen) atoms. The second-order valence-electron chi connectivity index (χ2n) is 4.73. The third kappa shape index (κ3) is 5.50. The summed E-state index contributed by atoms with van der Waals surface area (Å²) in [5.74, 6) is 0.182. The van der Waals surface area contributed by atoms with Crippen LogP contribution < -0.4 is 10.6 Å². The molecule has 100 valence electrons. The van der Waals surface area contributed by atoms with E-state index >= 15 is 0 Å². The SMILES string of the molecule is CCCN(CC)CCNC1CCCCNC1=O. The van der Waals surface area contributed by atoms with Gasteiger partial charge < -0.3 is 15.5 Å². The molecule has 0 aliphatic carbocycles. The molecule has 1 rings (SSSR count). The van der Waals surface area contributed by atoms with E-state index in [0.717, 1.165) is 52.0 Å². The van der Waals surface area contributed by atoms with Gasteiger partial charge in [-0.1, -0.05) is 13.8 Å². The number of rotatable bonds is 7. The number of likely N-dealkylation sites (N-methyl/N-ethyl adjacent to an activating group) is 1. The Morgan fingerprint density at radius 2 is 2.18 bits per heavy atom. The van der Waals surface area contributed by atoms with Crippen LogP contribution in [-0.2, 0) is 4.79 Å². The van der Waals surface area contributed by atoms with Gasteiger partial charge in [-0.25, -0.2) is 0 Å². The van der Waals surface area contributed by atoms with E-state index < -0.39 is 0 Å². The molecule has 2 N–H and O–H groups in total. The third-order valence-corrected chi connectivity index (χ3v) is 3.34. The zero-order chi connectivity index (χ0) is 12.5. The lowest BCUT2D eigenvalue weighted by Gasteiger charge is -2.21. The van der Waals surface area contributed by atoms with Gasteiger partial charge in [-0.3, -0.25) is 4.79 Å². The van der Waals surface area contributed by atoms with Crippen molar-refractivity contribution in [3.8, 4) is 0 Å². The first-order valence-electron chi connectivity index (χ1n) is 7.01. The van der Waals surface area contributed by atoms with Crippen molar-refractivity contribution in [1.29, 1.82) is 0 Å². The average Bonchev–Trinajstić information content (AvgIpc) is 2.53. The Balaban J connectivity index is 2.21. The fraction of sp³-hybridized carbons (Fsp3) is 0.923. The Bertz CT molecular complexity index is 221. The van der Waals surface area contributed by atoms with Gasteiger partial charge in [-0.05, 0) is 38.8 Å². The van der Waals surface area contributed by atoms with Gasteiger partial charge in [0, 0.05) is 19.6 Å². The van der Waals surface area contributed by atoms with Gasteiger partial charge >= 0.3 is 0 Å². The Morgan fingerprint density at radius 3 is 2.88 bits per heavy atom. The van der Waals surface area contributed by atoms with E-state index in [2.05, 4.69) is 29.4 Å². The van der Waals surface area contributed by atoms with Gasteiger partial charge in [0.15, 0.2) is 0 Å². The molecule has 1 heterocycles. The minimum absolute atomic E-state index is 0.0258. The average molecular weight is 241 g/mol. The van der Waals surface area contributed by atoms with Crippen LogP contribution in [0.2, 0.25) is 0 Å². The normalized spacial score (nSPS) is 21.4. The van der Waals surface area contributed by atoms with Crippen molar-refractivity contribution in [2.75, 3.05) is 32.7 Å². The Hall–Kier alpha value is -0.610. The van der Waals surface area contributed by atoms with Crippen LogP contribution in [-0.4, -0.2) is 49.6 Å². The summed E-state index contributed by atoms with van der Waals surface area (Å²) in [6.07, 6.45) is 4.42. The van der Waals surface area contributed by atoms with Crippen LogP contribution in [0.5, 0.6) is 0 Å². The highest BCUT2D eigenvalue weighted by Gasteiger charge is 2.19. The molecule has 0 aromatic rings. The van der Waals surface area contributed by atoms with Crippen molar-refractivity contribution in [3.63, 3.8) is 0 Å². The number of carbonyl (C=O) groups excluding carboxylic acids is 1. The fourth-order valence-corrected chi connectivity index (χ4v) is 2.28. The summed E-state index contributed by atoms with van der Waals surface area (Å²) in [5.41, 5.74) is 0. The van der Waals surface area contributed by atoms with Crippen molar-refractivity contribution in [2.24, 2.45) is 0 Å². The first-order valence-corrected chi connectivity index (χ1v) is 7.01. The molecule has 0 spiro atoms. The molecule has 1 aliphatic heterocycles. The highest BCUT2D eigenvalue weighted by molar-refractivity contribution is 5.81. The third-order valence-electron chi connectivity index (χ3n) is 3.34. The maximum atomic E-state index is 11.7. The molecule has 4 heteroatoms. The van der Waals surface area contributed by atoms with Crippen LogP contribution >= 0.6 is 0 Å². The van der Waals surface area contributed by atoms with E-state index in [4.69, 9.17) is 0 Å². The quantitative estimate of drug-likeness (QED) is 0.698. The Morgan fingerprint density at radius 1 is 1.35 bits per heavy atom. The van der Waals surface area contributed by atoms with Gasteiger partial charge in [0.1, 0.15) is 0 Å². The number of hydrogen-bond acceptors (Lipinski definition) is 3. The van der Waals surface area contributed by atoms with E-state index in [1.165, 1.54) is 6.42 Å². The van der Waals surface area contributed by atoms with Gasteiger partial charge in [0.05, 0.1) is 6.04 Å². The predicted molar refractivity (Wildman–Crippen MR) is 71.1 cm³/mol. The molecule has 1 unspecified atom stereocenters. The highest BCUT2D eigenvalue weighted by Crippen LogP contribution is 2.04. The summed E-state index contributed by atoms with van der Waals surface area (Å²) in [6.45, 7) is 9.41. The van der Waals surface area contributed by atoms with Crippen LogP contribution in [0.1, 0.15) is 39.5 Å². The molecule has 1 amide bonds. The maximum absolute atomic E-state index is 11.7. The number of hydrogen-bond donors (Lipinski definition) is 2. The van der Waals surface area contributed by atoms with E-state index in [9.17, 15) is 4.79 Å². The lowest BCUT2D eigenvalue weighted by molar-refractivity contribution is -0.122. The molecule has 1 fully saturated rings. The summed E-state index contributed by atoms with van der Waals surface area (Å²) in [6, 6.07) is 0.0258. The Labute approximate surface area is 105 Å². The standard InChI is InChI=1S/C13H27N3O/c1-3-10-16(4-2)11-9-14-12-7-5-6-8-15-13(12)17/h12,14H,3-11H2,1-2H3,(H,15,17). The van der Waals surface area contributed by atoms with E-state index in [0.29, 0.717) is 0 Å². The molecular formula is C13H27N3O. The summed E-state index contributed by atoms with van der Waals surface area (Å²) >= 11 is 0. The van der Waals surface area contributed by atoms with Crippen LogP contribution in [0.25, 0.3) is 0 Å². The first kappa shape index (κ1) is 14.5. The van der Waals surface area contributed by atoms with Gasteiger partial charge in [0.25, 0.3) is 0 Å². The zero-order valence-electron chi connectivity index (χ0n) is 11.3. The van der Waals surface area contributed by atoms with Crippen molar-refractivity contribution >= 4 is 5.91 Å². The van der Waals surface area contributed by atoms with Gasteiger partial charge in [0.2, 0.25) is 5.91 Å². The van der Waals surface area contributed by atoms with Crippen LogP contribution in [0.3, 0.4) is 0 Å². The largest absolute Gasteiger partial charge is 0.355 e. The molecule has 1 saturated heterocycles. The molecule has 0 aromatic heterocycles. The minimum Gasteiger partial charge on any atom is -0.355 e. The minimum atomic E-state index is 0.0258. The lowest BCUT2D eigenvalue weighted by atomic mass is 10.1. The van der Waals surface area contributed by atoms with Crippen molar-refractivity contribution < 1.29 is 4.79 Å². The maximum Gasteiger partial charge on any atom is 0.237 e. The van der Waals surface area contributed by atoms with Crippen molar-refractivity contribution in [2.45, 2.75) is 45.6 Å². The predicted octanol–water partition coefficient (Wildman–Crippen LogP) is 0.977. The summed E-state index contributed by atoms with van der Waals surface area (Å²) in [4.78, 5) is 14.1. The fourth-order valence-electron chi connectivity index (χ4n) is 2.28. The molecule has 0 saturated carbocycles. The van der Waals surface area contributed by atoms with Gasteiger partial charge in [-0.2, -0.15) is 0 Å². The number of nitrogens with one attached hydrogen (secondary N) is 2. The molecular weight excluding hydrogens is 214 g/mol. The molecule has 1 aliphatic rings. The monoisotopic (exact) mass is 241 g/mol. The molecule has 1 atom stereocenters. The number of amides is 1. The summed E-state index contributed by atoms with van der Waals surface area (Å²) in [7, 11) is 0. The first-order chi connectivity index (χ1) is 8.27. The topological polar surface area (TPSA) is 44.4 Å². The Kier molecular flexibility index (Phi) is 7.21. The van der Waals surface area contributed by atoms with Crippen LogP contribution in [0.4, 0.5) is 0 Å². The lowest BCUT2D eigenvalue weighted by Crippen LogP contribution is -2.45. The van der Waals surface area contributed by atoms with Crippen molar-refractivity contribution in [1.82, 2.24) is 15.5 Å². The van der Waals surface area contributed by atoms with Crippen LogP contribution in [0.15, 0.2) is 0 Å². The molecule has 0 aromatic carbocycles. The van der Waals surface area contributed by atoms with E-state index in [1.807, 2.05) is 0 Å². The summed E-state index contributed by atoms with van der Waals surface area (Å²) < 4.78 is 0. The summed E-state index contributed by atoms with van der Waals surface area (Å²) in [5, 5.41) is 6.34. The van der Waals surface area contributed by atoms with Crippen LogP contribution in [0, 0.1) is 0 Å². The number of carbonyl (C=O) groups is 1. The van der Waals surface area contributed by atoms with E-state index in [-0.39, 0.29) is 11.9 Å². The molecule has 4 nitrogen and oxygen atoms in total. The molecule has 0 radical (unpaired) electrons. The number of nitrogens with zero attached hydrogens (tertiary/aromatic N) is 1. The second-order valence-corrected chi connectivity index (χ2v) is 4.73. The second kappa shape index (κ2) is 8.48. The van der Waals surface area contributed by atoms with Gasteiger partial charge in [-0.15, -0.1) is 0 Å².